The van der Waals surface area contributed by atoms with E-state index >= 15 is 0 Å². The highest BCUT2D eigenvalue weighted by Gasteiger charge is 2.49. The third kappa shape index (κ3) is 4.00. The lowest BCUT2D eigenvalue weighted by molar-refractivity contribution is -0.171. The van der Waals surface area contributed by atoms with E-state index in [-0.39, 0.29) is 13.2 Å². The molecule has 19 heavy (non-hydrogen) atoms. The van der Waals surface area contributed by atoms with Crippen molar-refractivity contribution in [3.05, 3.63) is 12.7 Å². The molecule has 1 saturated heterocycles. The molecule has 0 aromatic heterocycles. The Kier molecular flexibility index (Phi) is 6.96. The first-order valence-electron chi connectivity index (χ1n) is 6.94. The van der Waals surface area contributed by atoms with Gasteiger partial charge in [0, 0.05) is 6.61 Å². The van der Waals surface area contributed by atoms with Crippen molar-refractivity contribution in [1.29, 1.82) is 0 Å². The maximum Gasteiger partial charge on any atom is 0.123 e. The second-order valence-corrected chi connectivity index (χ2v) is 5.08. The minimum atomic E-state index is -1.04. The normalized spacial score (nSPS) is 30.2. The lowest BCUT2D eigenvalue weighted by atomic mass is 9.89. The van der Waals surface area contributed by atoms with Gasteiger partial charge < -0.3 is 24.8 Å². The summed E-state index contributed by atoms with van der Waals surface area (Å²) in [7, 11) is 0. The van der Waals surface area contributed by atoms with Crippen molar-refractivity contribution >= 4 is 0 Å². The van der Waals surface area contributed by atoms with Crippen LogP contribution in [0.4, 0.5) is 0 Å². The maximum absolute atomic E-state index is 9.95. The van der Waals surface area contributed by atoms with E-state index in [1.165, 1.54) is 0 Å². The van der Waals surface area contributed by atoms with Crippen LogP contribution in [0.2, 0.25) is 0 Å². The number of aliphatic hydroxyl groups is 3. The van der Waals surface area contributed by atoms with Crippen LogP contribution >= 0.6 is 0 Å². The second kappa shape index (κ2) is 7.97. The standard InChI is InChI=1S/C14H26O5/c1-3-5-6-8-19-14(10-15,7-4-2)13-12(17)11(16)9-18-13/h4,11-13,15-17H,2-3,5-10H2,1H3/t11-,12+,13-,14+/m0/s1. The molecule has 1 aliphatic rings. The molecule has 0 aromatic carbocycles. The third-order valence-electron chi connectivity index (χ3n) is 3.56. The summed E-state index contributed by atoms with van der Waals surface area (Å²) in [5, 5.41) is 29.2. The monoisotopic (exact) mass is 274 g/mol. The van der Waals surface area contributed by atoms with Crippen molar-refractivity contribution in [3.63, 3.8) is 0 Å². The largest absolute Gasteiger partial charge is 0.393 e. The zero-order chi connectivity index (χ0) is 14.3. The molecule has 1 rings (SSSR count). The van der Waals surface area contributed by atoms with E-state index in [0.29, 0.717) is 13.0 Å². The highest BCUT2D eigenvalue weighted by Crippen LogP contribution is 2.31. The number of ether oxygens (including phenoxy) is 2. The van der Waals surface area contributed by atoms with Gasteiger partial charge in [0.25, 0.3) is 0 Å². The van der Waals surface area contributed by atoms with Gasteiger partial charge in [-0.05, 0) is 12.8 Å². The van der Waals surface area contributed by atoms with Crippen molar-refractivity contribution in [1.82, 2.24) is 0 Å². The molecule has 5 nitrogen and oxygen atoms in total. The number of hydrogen-bond acceptors (Lipinski definition) is 5. The lowest BCUT2D eigenvalue weighted by Gasteiger charge is -2.37. The molecule has 112 valence electrons. The minimum absolute atomic E-state index is 0.0586. The summed E-state index contributed by atoms with van der Waals surface area (Å²) >= 11 is 0. The van der Waals surface area contributed by atoms with Gasteiger partial charge in [0.1, 0.15) is 23.9 Å². The van der Waals surface area contributed by atoms with Gasteiger partial charge in [-0.2, -0.15) is 0 Å². The number of hydrogen-bond donors (Lipinski definition) is 3. The fourth-order valence-corrected chi connectivity index (χ4v) is 2.39. The van der Waals surface area contributed by atoms with Crippen LogP contribution in [-0.2, 0) is 9.47 Å². The van der Waals surface area contributed by atoms with E-state index in [1.807, 2.05) is 0 Å². The molecular formula is C14H26O5. The Morgan fingerprint density at radius 2 is 2.16 bits per heavy atom. The van der Waals surface area contributed by atoms with Gasteiger partial charge in [0.2, 0.25) is 0 Å². The van der Waals surface area contributed by atoms with E-state index < -0.39 is 23.9 Å². The number of rotatable bonds is 9. The zero-order valence-electron chi connectivity index (χ0n) is 11.6. The topological polar surface area (TPSA) is 79.2 Å². The summed E-state index contributed by atoms with van der Waals surface area (Å²) in [5.41, 5.74) is -1.02. The first-order chi connectivity index (χ1) is 9.11. The summed E-state index contributed by atoms with van der Waals surface area (Å²) < 4.78 is 11.2. The molecule has 0 saturated carbocycles. The third-order valence-corrected chi connectivity index (χ3v) is 3.56. The second-order valence-electron chi connectivity index (χ2n) is 5.08. The van der Waals surface area contributed by atoms with Gasteiger partial charge in [-0.15, -0.1) is 6.58 Å². The molecule has 1 heterocycles. The summed E-state index contributed by atoms with van der Waals surface area (Å²) in [6.45, 7) is 6.03. The first-order valence-corrected chi connectivity index (χ1v) is 6.94. The van der Waals surface area contributed by atoms with Gasteiger partial charge in [-0.25, -0.2) is 0 Å². The van der Waals surface area contributed by atoms with Crippen molar-refractivity contribution in [2.24, 2.45) is 0 Å². The Hall–Kier alpha value is -0.460. The molecule has 0 amide bonds. The molecule has 0 aliphatic carbocycles. The van der Waals surface area contributed by atoms with Crippen LogP contribution < -0.4 is 0 Å². The maximum atomic E-state index is 9.95. The number of aliphatic hydroxyl groups excluding tert-OH is 3. The van der Waals surface area contributed by atoms with E-state index in [4.69, 9.17) is 9.47 Å². The van der Waals surface area contributed by atoms with Gasteiger partial charge in [-0.3, -0.25) is 0 Å². The Morgan fingerprint density at radius 3 is 2.63 bits per heavy atom. The van der Waals surface area contributed by atoms with Gasteiger partial charge in [0.15, 0.2) is 0 Å². The Morgan fingerprint density at radius 1 is 1.42 bits per heavy atom. The van der Waals surface area contributed by atoms with Gasteiger partial charge >= 0.3 is 0 Å². The van der Waals surface area contributed by atoms with Crippen molar-refractivity contribution in [3.8, 4) is 0 Å². The minimum Gasteiger partial charge on any atom is -0.393 e. The molecular weight excluding hydrogens is 248 g/mol. The quantitative estimate of drug-likeness (QED) is 0.424. The van der Waals surface area contributed by atoms with Gasteiger partial charge in [-0.1, -0.05) is 25.8 Å². The summed E-state index contributed by atoms with van der Waals surface area (Å²) in [5.74, 6) is 0. The van der Waals surface area contributed by atoms with E-state index in [0.717, 1.165) is 19.3 Å². The molecule has 0 bridgehead atoms. The molecule has 1 fully saturated rings. The van der Waals surface area contributed by atoms with Crippen LogP contribution in [-0.4, -0.2) is 59.1 Å². The highest BCUT2D eigenvalue weighted by atomic mass is 16.6. The lowest BCUT2D eigenvalue weighted by Crippen LogP contribution is -2.53. The predicted molar refractivity (Wildman–Crippen MR) is 71.9 cm³/mol. The van der Waals surface area contributed by atoms with Crippen LogP contribution in [0.5, 0.6) is 0 Å². The molecule has 1 aliphatic heterocycles. The Bertz CT molecular complexity index is 271. The predicted octanol–water partition coefficient (Wildman–Crippen LogP) is 0.621. The summed E-state index contributed by atoms with van der Waals surface area (Å²) in [6.07, 6.45) is 2.32. The van der Waals surface area contributed by atoms with Gasteiger partial charge in [0.05, 0.1) is 13.2 Å². The molecule has 4 atom stereocenters. The Balaban J connectivity index is 2.70. The molecule has 0 aromatic rings. The van der Waals surface area contributed by atoms with Crippen molar-refractivity contribution in [2.45, 2.75) is 56.5 Å². The fourth-order valence-electron chi connectivity index (χ4n) is 2.39. The molecule has 0 spiro atoms. The highest BCUT2D eigenvalue weighted by molar-refractivity contribution is 5.02. The van der Waals surface area contributed by atoms with E-state index in [9.17, 15) is 15.3 Å². The van der Waals surface area contributed by atoms with Crippen molar-refractivity contribution < 1.29 is 24.8 Å². The average molecular weight is 274 g/mol. The van der Waals surface area contributed by atoms with Crippen molar-refractivity contribution in [2.75, 3.05) is 19.8 Å². The molecule has 5 heteroatoms. The smallest absolute Gasteiger partial charge is 0.123 e. The molecule has 0 unspecified atom stereocenters. The summed E-state index contributed by atoms with van der Waals surface area (Å²) in [4.78, 5) is 0. The summed E-state index contributed by atoms with van der Waals surface area (Å²) in [6, 6.07) is 0. The Labute approximate surface area is 114 Å². The number of unbranched alkanes of at least 4 members (excludes halogenated alkanes) is 2. The average Bonchev–Trinajstić information content (AvgIpc) is 2.74. The SMILES string of the molecule is C=CC[C@](CO)(OCCCCC)[C@H]1OC[C@H](O)[C@H]1O. The van der Waals surface area contributed by atoms with Crippen LogP contribution in [0, 0.1) is 0 Å². The van der Waals surface area contributed by atoms with E-state index in [2.05, 4.69) is 13.5 Å². The molecule has 3 N–H and O–H groups in total. The first kappa shape index (κ1) is 16.6. The van der Waals surface area contributed by atoms with Crippen LogP contribution in [0.1, 0.15) is 32.6 Å². The fraction of sp³-hybridized carbons (Fsp3) is 0.857. The van der Waals surface area contributed by atoms with Crippen LogP contribution in [0.3, 0.4) is 0 Å². The van der Waals surface area contributed by atoms with E-state index in [1.54, 1.807) is 6.08 Å². The van der Waals surface area contributed by atoms with Crippen LogP contribution in [0.15, 0.2) is 12.7 Å². The molecule has 0 radical (unpaired) electrons. The zero-order valence-corrected chi connectivity index (χ0v) is 11.6. The van der Waals surface area contributed by atoms with Crippen LogP contribution in [0.25, 0.3) is 0 Å².